The molecule has 3 amide bonds. The molecule has 0 radical (unpaired) electrons. The molecule has 1 fully saturated rings. The first-order chi connectivity index (χ1) is 9.56. The molecule has 0 bridgehead atoms. The van der Waals surface area contributed by atoms with Crippen molar-refractivity contribution in [2.24, 2.45) is 0 Å². The Morgan fingerprint density at radius 1 is 1.35 bits per heavy atom. The molecule has 2 rings (SSSR count). The van der Waals surface area contributed by atoms with E-state index in [1.807, 2.05) is 0 Å². The third kappa shape index (κ3) is 3.57. The molecule has 1 aromatic carbocycles. The highest BCUT2D eigenvalue weighted by molar-refractivity contribution is 5.98. The zero-order valence-corrected chi connectivity index (χ0v) is 11.3. The molecule has 0 aliphatic carbocycles. The summed E-state index contributed by atoms with van der Waals surface area (Å²) in [6.07, 6.45) is 0.739. The lowest BCUT2D eigenvalue weighted by Crippen LogP contribution is -2.37. The maximum atomic E-state index is 12.4. The van der Waals surface area contributed by atoms with Crippen LogP contribution in [-0.2, 0) is 9.59 Å². The Bertz CT molecular complexity index is 542. The predicted octanol–water partition coefficient (Wildman–Crippen LogP) is 0.607. The van der Waals surface area contributed by atoms with Crippen molar-refractivity contribution in [1.82, 2.24) is 10.2 Å². The molecule has 0 spiro atoms. The zero-order valence-electron chi connectivity index (χ0n) is 11.3. The Labute approximate surface area is 117 Å². The average Bonchev–Trinajstić information content (AvgIpc) is 2.62. The van der Waals surface area contributed by atoms with Gasteiger partial charge in [0.15, 0.2) is 0 Å². The van der Waals surface area contributed by atoms with Crippen molar-refractivity contribution < 1.29 is 14.4 Å². The van der Waals surface area contributed by atoms with Crippen LogP contribution in [-0.4, -0.2) is 42.3 Å². The lowest BCUT2D eigenvalue weighted by Gasteiger charge is -2.19. The number of benzene rings is 1. The minimum atomic E-state index is -0.200. The van der Waals surface area contributed by atoms with E-state index >= 15 is 0 Å². The fourth-order valence-corrected chi connectivity index (χ4v) is 2.10. The van der Waals surface area contributed by atoms with Gasteiger partial charge in [0.2, 0.25) is 11.8 Å². The van der Waals surface area contributed by atoms with Crippen molar-refractivity contribution in [2.75, 3.05) is 25.0 Å². The molecule has 1 saturated heterocycles. The predicted molar refractivity (Wildman–Crippen MR) is 74.3 cm³/mol. The van der Waals surface area contributed by atoms with Gasteiger partial charge in [0.25, 0.3) is 5.91 Å². The number of amides is 3. The van der Waals surface area contributed by atoms with Gasteiger partial charge >= 0.3 is 0 Å². The van der Waals surface area contributed by atoms with Gasteiger partial charge in [-0.1, -0.05) is 6.07 Å². The van der Waals surface area contributed by atoms with Gasteiger partial charge in [0.1, 0.15) is 0 Å². The Morgan fingerprint density at radius 3 is 2.90 bits per heavy atom. The summed E-state index contributed by atoms with van der Waals surface area (Å²) >= 11 is 0. The maximum Gasteiger partial charge on any atom is 0.254 e. The fourth-order valence-electron chi connectivity index (χ4n) is 2.10. The van der Waals surface area contributed by atoms with E-state index in [0.29, 0.717) is 24.3 Å². The maximum absolute atomic E-state index is 12.4. The first-order valence-electron chi connectivity index (χ1n) is 6.50. The van der Waals surface area contributed by atoms with Gasteiger partial charge in [0, 0.05) is 31.3 Å². The van der Waals surface area contributed by atoms with Gasteiger partial charge in [-0.25, -0.2) is 0 Å². The normalized spacial score (nSPS) is 15.2. The summed E-state index contributed by atoms with van der Waals surface area (Å²) in [5.74, 6) is -0.535. The molecule has 1 aliphatic heterocycles. The topological polar surface area (TPSA) is 78.5 Å². The van der Waals surface area contributed by atoms with E-state index in [9.17, 15) is 14.4 Å². The molecule has 1 aromatic rings. The highest BCUT2D eigenvalue weighted by Gasteiger charge is 2.21. The number of nitrogens with one attached hydrogen (secondary N) is 2. The first-order valence-corrected chi connectivity index (χ1v) is 6.50. The molecule has 0 aromatic heterocycles. The van der Waals surface area contributed by atoms with Crippen molar-refractivity contribution in [1.29, 1.82) is 0 Å². The number of hydrogen-bond donors (Lipinski definition) is 2. The number of carbonyl (C=O) groups excluding carboxylic acids is 3. The van der Waals surface area contributed by atoms with Crippen LogP contribution in [0.25, 0.3) is 0 Å². The molecule has 2 N–H and O–H groups in total. The second kappa shape index (κ2) is 6.18. The zero-order chi connectivity index (χ0) is 14.5. The number of anilines is 1. The van der Waals surface area contributed by atoms with Crippen LogP contribution >= 0.6 is 0 Å². The Balaban J connectivity index is 2.15. The highest BCUT2D eigenvalue weighted by Crippen LogP contribution is 2.13. The van der Waals surface area contributed by atoms with Gasteiger partial charge in [-0.2, -0.15) is 0 Å². The number of rotatable bonds is 2. The smallest absolute Gasteiger partial charge is 0.254 e. The van der Waals surface area contributed by atoms with Gasteiger partial charge in [-0.05, 0) is 24.6 Å². The quantitative estimate of drug-likeness (QED) is 0.830. The van der Waals surface area contributed by atoms with E-state index in [1.54, 1.807) is 24.3 Å². The van der Waals surface area contributed by atoms with Crippen LogP contribution < -0.4 is 10.6 Å². The van der Waals surface area contributed by atoms with Crippen molar-refractivity contribution >= 4 is 23.4 Å². The summed E-state index contributed by atoms with van der Waals surface area (Å²) in [7, 11) is 0. The second-order valence-electron chi connectivity index (χ2n) is 4.69. The van der Waals surface area contributed by atoms with E-state index < -0.39 is 0 Å². The Hall–Kier alpha value is -2.37. The SMILES string of the molecule is CC(=O)Nc1cccc(C(=O)N2CCCNC(=O)C2)c1. The standard InChI is InChI=1S/C14H17N3O3/c1-10(18)16-12-5-2-4-11(8-12)14(20)17-7-3-6-15-13(19)9-17/h2,4-5,8H,3,6-7,9H2,1H3,(H,15,19)(H,16,18). The second-order valence-corrected chi connectivity index (χ2v) is 4.69. The summed E-state index contributed by atoms with van der Waals surface area (Å²) < 4.78 is 0. The fraction of sp³-hybridized carbons (Fsp3) is 0.357. The Kier molecular flexibility index (Phi) is 4.34. The minimum absolute atomic E-state index is 0.0726. The molecule has 0 atom stereocenters. The largest absolute Gasteiger partial charge is 0.354 e. The lowest BCUT2D eigenvalue weighted by molar-refractivity contribution is -0.121. The molecule has 1 aliphatic rings. The lowest BCUT2D eigenvalue weighted by atomic mass is 10.1. The van der Waals surface area contributed by atoms with Crippen molar-refractivity contribution in [3.63, 3.8) is 0 Å². The molecular formula is C14H17N3O3. The van der Waals surface area contributed by atoms with Gasteiger partial charge < -0.3 is 15.5 Å². The van der Waals surface area contributed by atoms with E-state index in [-0.39, 0.29) is 24.3 Å². The van der Waals surface area contributed by atoms with Crippen molar-refractivity contribution in [2.45, 2.75) is 13.3 Å². The summed E-state index contributed by atoms with van der Waals surface area (Å²) in [6, 6.07) is 6.71. The average molecular weight is 275 g/mol. The van der Waals surface area contributed by atoms with E-state index in [2.05, 4.69) is 10.6 Å². The van der Waals surface area contributed by atoms with Gasteiger partial charge in [-0.15, -0.1) is 0 Å². The monoisotopic (exact) mass is 275 g/mol. The van der Waals surface area contributed by atoms with Crippen LogP contribution in [0.3, 0.4) is 0 Å². The molecular weight excluding hydrogens is 258 g/mol. The third-order valence-electron chi connectivity index (χ3n) is 2.98. The van der Waals surface area contributed by atoms with Gasteiger partial charge in [-0.3, -0.25) is 14.4 Å². The molecule has 6 nitrogen and oxygen atoms in total. The van der Waals surface area contributed by atoms with Crippen LogP contribution in [0.5, 0.6) is 0 Å². The molecule has 20 heavy (non-hydrogen) atoms. The van der Waals surface area contributed by atoms with Crippen LogP contribution in [0.4, 0.5) is 5.69 Å². The van der Waals surface area contributed by atoms with Crippen LogP contribution in [0.1, 0.15) is 23.7 Å². The van der Waals surface area contributed by atoms with Crippen LogP contribution in [0.15, 0.2) is 24.3 Å². The van der Waals surface area contributed by atoms with E-state index in [4.69, 9.17) is 0 Å². The van der Waals surface area contributed by atoms with Crippen molar-refractivity contribution in [3.05, 3.63) is 29.8 Å². The number of hydrogen-bond acceptors (Lipinski definition) is 3. The van der Waals surface area contributed by atoms with Crippen molar-refractivity contribution in [3.8, 4) is 0 Å². The summed E-state index contributed by atoms with van der Waals surface area (Å²) in [5, 5.41) is 5.36. The number of carbonyl (C=O) groups is 3. The van der Waals surface area contributed by atoms with Gasteiger partial charge in [0.05, 0.1) is 6.54 Å². The number of nitrogens with zero attached hydrogens (tertiary/aromatic N) is 1. The highest BCUT2D eigenvalue weighted by atomic mass is 16.2. The first kappa shape index (κ1) is 14.0. The summed E-state index contributed by atoms with van der Waals surface area (Å²) in [4.78, 5) is 36.4. The Morgan fingerprint density at radius 2 is 2.15 bits per heavy atom. The molecule has 0 saturated carbocycles. The molecule has 0 unspecified atom stereocenters. The van der Waals surface area contributed by atoms with Crippen LogP contribution in [0.2, 0.25) is 0 Å². The molecule has 106 valence electrons. The molecule has 1 heterocycles. The minimum Gasteiger partial charge on any atom is -0.354 e. The van der Waals surface area contributed by atoms with E-state index in [1.165, 1.54) is 11.8 Å². The molecule has 6 heteroatoms. The third-order valence-corrected chi connectivity index (χ3v) is 2.98. The summed E-state index contributed by atoms with van der Waals surface area (Å²) in [5.41, 5.74) is 1.04. The summed E-state index contributed by atoms with van der Waals surface area (Å²) in [6.45, 7) is 2.62. The van der Waals surface area contributed by atoms with E-state index in [0.717, 1.165) is 6.42 Å². The van der Waals surface area contributed by atoms with Crippen LogP contribution in [0, 0.1) is 0 Å².